The number of halogens is 4. The van der Waals surface area contributed by atoms with Crippen LogP contribution in [0, 0.1) is 32.3 Å². The van der Waals surface area contributed by atoms with Crippen molar-refractivity contribution in [1.29, 1.82) is 0 Å². The standard InChI is InChI=1S/C10H8IS.C6H5F.C4H3FS.2CH3.FH/c1-2-5-9(6-3-1)11-10-7-4-8-12-10;7-6-4-2-1-3-5-6;5-4-2-1-3-6-4;;;/h1-8H;1-5H;1-3H;2*1H3;1H/q+1;;;2*-1;/p-1/i;7-1;5-1;;;1-1. The first-order valence-electron chi connectivity index (χ1n) is 7.37. The predicted octanol–water partition coefficient (Wildman–Crippen LogP) is 1.49. The third kappa shape index (κ3) is 12.7. The van der Waals surface area contributed by atoms with Gasteiger partial charge in [-0.2, -0.15) is 4.39 Å². The normalized spacial score (nSPS) is 8.36. The minimum absolute atomic E-state index is 0. The molecule has 0 atom stereocenters. The van der Waals surface area contributed by atoms with Gasteiger partial charge in [0.05, 0.1) is 0 Å². The van der Waals surface area contributed by atoms with Gasteiger partial charge in [0.25, 0.3) is 0 Å². The zero-order chi connectivity index (χ0) is 17.7. The van der Waals surface area contributed by atoms with Crippen molar-refractivity contribution in [3.05, 3.63) is 128 Å². The summed E-state index contributed by atoms with van der Waals surface area (Å²) in [5.41, 5.74) is 0. The Labute approximate surface area is 184 Å². The maximum atomic E-state index is 11.9. The molecule has 0 aliphatic heterocycles. The molecule has 0 spiro atoms. The molecular weight excluding hydrogens is 509 g/mol. The zero-order valence-corrected chi connectivity index (χ0v) is 19.4. The topological polar surface area (TPSA) is 0 Å². The number of rotatable bonds is 2. The second-order valence-electron chi connectivity index (χ2n) is 4.52. The number of hydrogen-bond donors (Lipinski definition) is 0. The molecule has 4 rings (SSSR count). The third-order valence-corrected chi connectivity index (χ3v) is 7.46. The molecule has 0 fully saturated rings. The fraction of sp³-hybridized carbons (Fsp3) is 0. The van der Waals surface area contributed by atoms with E-state index in [9.17, 15) is 8.78 Å². The first kappa shape index (κ1) is 28.6. The SMILES string of the molecule is [18F-].[18F]c1ccccc1.[18F]c1cccs1.[CH3-].[CH3-].c1ccc([I+]c2cccs2)cc1. The highest BCUT2D eigenvalue weighted by Crippen LogP contribution is 2.03. The van der Waals surface area contributed by atoms with Crippen LogP contribution in [-0.4, -0.2) is 0 Å². The third-order valence-electron chi connectivity index (χ3n) is 2.64. The van der Waals surface area contributed by atoms with E-state index in [0.717, 1.165) is 11.3 Å². The Hall–Kier alpha value is -1.64. The number of benzene rings is 2. The van der Waals surface area contributed by atoms with Crippen molar-refractivity contribution in [2.45, 2.75) is 0 Å². The van der Waals surface area contributed by atoms with Crippen LogP contribution in [0.15, 0.2) is 95.7 Å². The Morgan fingerprint density at radius 3 is 1.50 bits per heavy atom. The summed E-state index contributed by atoms with van der Waals surface area (Å²) >= 11 is 3.06. The lowest BCUT2D eigenvalue weighted by Crippen LogP contribution is -3.61. The van der Waals surface area contributed by atoms with Crippen molar-refractivity contribution in [3.63, 3.8) is 0 Å². The van der Waals surface area contributed by atoms with E-state index in [2.05, 4.69) is 47.8 Å². The summed E-state index contributed by atoms with van der Waals surface area (Å²) in [6.45, 7) is 0. The van der Waals surface area contributed by atoms with Gasteiger partial charge in [0, 0.05) is 6.07 Å². The van der Waals surface area contributed by atoms with Gasteiger partial charge in [0.2, 0.25) is 2.88 Å². The highest BCUT2D eigenvalue weighted by molar-refractivity contribution is 7.08. The van der Waals surface area contributed by atoms with Gasteiger partial charge in [-0.1, -0.05) is 47.7 Å². The van der Waals surface area contributed by atoms with Gasteiger partial charge in [-0.15, -0.1) is 11.3 Å². The van der Waals surface area contributed by atoms with E-state index in [1.807, 2.05) is 11.3 Å². The highest BCUT2D eigenvalue weighted by atomic mass is 127. The smallest absolute Gasteiger partial charge is 0.369 e. The van der Waals surface area contributed by atoms with Crippen LogP contribution in [0.2, 0.25) is 0 Å². The molecule has 0 aliphatic rings. The number of thiophene rings is 2. The summed E-state index contributed by atoms with van der Waals surface area (Å²) < 4.78 is 26.6. The minimum Gasteiger partial charge on any atom is -1.00 e. The summed E-state index contributed by atoms with van der Waals surface area (Å²) in [7, 11) is 0. The molecule has 2 heterocycles. The molecule has 2 aromatic carbocycles. The van der Waals surface area contributed by atoms with Gasteiger partial charge >= 0.3 is 21.2 Å². The molecule has 152 valence electrons. The van der Waals surface area contributed by atoms with E-state index in [0.29, 0.717) is 0 Å². The highest BCUT2D eigenvalue weighted by Gasteiger charge is 2.14. The molecule has 0 aliphatic carbocycles. The van der Waals surface area contributed by atoms with Crippen molar-refractivity contribution in [3.8, 4) is 0 Å². The number of hydrogen-bond acceptors (Lipinski definition) is 2. The van der Waals surface area contributed by atoms with E-state index in [4.69, 9.17) is 0 Å². The maximum absolute atomic E-state index is 11.9. The average molecular weight is 531 g/mol. The van der Waals surface area contributed by atoms with Gasteiger partial charge < -0.3 is 19.6 Å². The minimum atomic E-state index is -0.178. The fourth-order valence-electron chi connectivity index (χ4n) is 1.57. The van der Waals surface area contributed by atoms with Crippen molar-refractivity contribution >= 4 is 22.7 Å². The molecular formula is C22H22F3IS2-2. The van der Waals surface area contributed by atoms with Crippen LogP contribution in [0.5, 0.6) is 0 Å². The van der Waals surface area contributed by atoms with E-state index < -0.39 is 0 Å². The van der Waals surface area contributed by atoms with Crippen molar-refractivity contribution in [2.75, 3.05) is 0 Å². The summed E-state index contributed by atoms with van der Waals surface area (Å²) in [6.07, 6.45) is 0. The van der Waals surface area contributed by atoms with E-state index in [1.165, 1.54) is 21.8 Å². The Morgan fingerprint density at radius 2 is 1.14 bits per heavy atom. The Balaban J connectivity index is 0. The van der Waals surface area contributed by atoms with Gasteiger partial charge in [0.15, 0.2) is 8.70 Å². The molecule has 0 radical (unpaired) electrons. The Morgan fingerprint density at radius 1 is 0.607 bits per heavy atom. The van der Waals surface area contributed by atoms with Gasteiger partial charge in [-0.05, 0) is 53.2 Å². The molecule has 6 heteroatoms. The van der Waals surface area contributed by atoms with E-state index >= 15 is 0 Å². The quantitative estimate of drug-likeness (QED) is 0.272. The molecule has 28 heavy (non-hydrogen) atoms. The molecule has 0 saturated carbocycles. The first-order valence-corrected chi connectivity index (χ1v) is 11.3. The van der Waals surface area contributed by atoms with Crippen molar-refractivity contribution in [2.24, 2.45) is 0 Å². The summed E-state index contributed by atoms with van der Waals surface area (Å²) in [5, 5.41) is 3.74. The van der Waals surface area contributed by atoms with Gasteiger partial charge in [-0.3, -0.25) is 0 Å². The maximum Gasteiger partial charge on any atom is 0.369 e. The molecule has 0 bridgehead atoms. The second kappa shape index (κ2) is 17.5. The van der Waals surface area contributed by atoms with Crippen LogP contribution in [0.1, 0.15) is 0 Å². The lowest BCUT2D eigenvalue weighted by Gasteiger charge is -1.79. The van der Waals surface area contributed by atoms with Crippen LogP contribution in [-0.2, 0) is 0 Å². The molecule has 0 N–H and O–H groups in total. The fourth-order valence-corrected chi connectivity index (χ4v) is 5.70. The summed E-state index contributed by atoms with van der Waals surface area (Å²) in [5.74, 6) is -0.178. The lowest BCUT2D eigenvalue weighted by atomic mass is 10.4. The lowest BCUT2D eigenvalue weighted by molar-refractivity contribution is -0.591. The summed E-state index contributed by atoms with van der Waals surface area (Å²) in [4.78, 5) is 0. The zero-order valence-electron chi connectivity index (χ0n) is 15.6. The van der Waals surface area contributed by atoms with Crippen LogP contribution in [0.3, 0.4) is 0 Å². The largest absolute Gasteiger partial charge is 1.00 e. The average Bonchev–Trinajstić information content (AvgIpc) is 3.32. The monoisotopic (exact) mass is 531 g/mol. The Kier molecular flexibility index (Phi) is 17.8. The summed E-state index contributed by atoms with van der Waals surface area (Å²) in [6, 6.07) is 26.1. The molecule has 4 aromatic rings. The van der Waals surface area contributed by atoms with Crippen LogP contribution in [0.4, 0.5) is 8.78 Å². The van der Waals surface area contributed by atoms with Gasteiger partial charge in [-0.25, -0.2) is 4.39 Å². The predicted molar refractivity (Wildman–Crippen MR) is 112 cm³/mol. The molecule has 0 unspecified atom stereocenters. The van der Waals surface area contributed by atoms with Crippen LogP contribution < -0.4 is 25.9 Å². The van der Waals surface area contributed by atoms with Gasteiger partial charge in [0.1, 0.15) is 5.82 Å². The van der Waals surface area contributed by atoms with E-state index in [1.54, 1.807) is 32.5 Å². The molecule has 0 saturated heterocycles. The molecule has 0 amide bonds. The van der Waals surface area contributed by atoms with E-state index in [-0.39, 0.29) is 51.7 Å². The van der Waals surface area contributed by atoms with Crippen LogP contribution in [0.25, 0.3) is 0 Å². The van der Waals surface area contributed by atoms with Crippen LogP contribution >= 0.6 is 22.7 Å². The Bertz CT molecular complexity index is 790. The second-order valence-corrected chi connectivity index (χ2v) is 10.0. The molecule has 0 nitrogen and oxygen atoms in total. The van der Waals surface area contributed by atoms with Crippen molar-refractivity contribution < 1.29 is 34.7 Å². The molecule has 2 aromatic heterocycles. The first-order chi connectivity index (χ1) is 12.2. The van der Waals surface area contributed by atoms with Crippen molar-refractivity contribution in [1.82, 2.24) is 0 Å².